The molecule has 0 atom stereocenters. The number of thioether (sulfide) groups is 1. The van der Waals surface area contributed by atoms with E-state index in [0.29, 0.717) is 22.0 Å². The second-order valence-corrected chi connectivity index (χ2v) is 8.40. The van der Waals surface area contributed by atoms with Gasteiger partial charge in [-0.3, -0.25) is 14.5 Å². The molecule has 3 aromatic carbocycles. The summed E-state index contributed by atoms with van der Waals surface area (Å²) in [4.78, 5) is 38.8. The van der Waals surface area contributed by atoms with Crippen LogP contribution in [-0.2, 0) is 20.9 Å². The van der Waals surface area contributed by atoms with E-state index in [1.165, 1.54) is 12.0 Å². The number of carbonyl (C=O) groups excluding carboxylic acids is 3. The topological polar surface area (TPSA) is 82.1 Å². The molecule has 1 aliphatic rings. The van der Waals surface area contributed by atoms with Crippen LogP contribution < -0.4 is 9.47 Å². The molecule has 0 unspecified atom stereocenters. The van der Waals surface area contributed by atoms with E-state index in [0.717, 1.165) is 28.1 Å². The lowest BCUT2D eigenvalue weighted by molar-refractivity contribution is -0.145. The third kappa shape index (κ3) is 5.07. The van der Waals surface area contributed by atoms with Crippen molar-refractivity contribution < 1.29 is 28.6 Å². The molecule has 3 aromatic rings. The van der Waals surface area contributed by atoms with Crippen LogP contribution in [-0.4, -0.2) is 42.3 Å². The average molecular weight is 478 g/mol. The Morgan fingerprint density at radius 1 is 1.03 bits per heavy atom. The van der Waals surface area contributed by atoms with Crippen molar-refractivity contribution in [3.05, 3.63) is 76.7 Å². The lowest BCUT2D eigenvalue weighted by Gasteiger charge is -2.14. The molecular formula is C26H23NO6S. The van der Waals surface area contributed by atoms with Gasteiger partial charge in [0.25, 0.3) is 11.1 Å². The number of nitrogens with zero attached hydrogens (tertiary/aromatic N) is 1. The zero-order valence-electron chi connectivity index (χ0n) is 18.8. The van der Waals surface area contributed by atoms with E-state index in [1.54, 1.807) is 31.2 Å². The monoisotopic (exact) mass is 477 g/mol. The van der Waals surface area contributed by atoms with Crippen LogP contribution >= 0.6 is 11.8 Å². The number of hydrogen-bond acceptors (Lipinski definition) is 7. The summed E-state index contributed by atoms with van der Waals surface area (Å²) in [6, 6.07) is 18.8. The molecule has 4 rings (SSSR count). The second-order valence-electron chi connectivity index (χ2n) is 7.41. The maximum absolute atomic E-state index is 13.0. The molecule has 174 valence electrons. The van der Waals surface area contributed by atoms with Crippen molar-refractivity contribution in [1.82, 2.24) is 4.90 Å². The Kier molecular flexibility index (Phi) is 7.18. The molecular weight excluding hydrogens is 454 g/mol. The SMILES string of the molecule is CCOC(=O)COc1ccc(/C=C2\SC(=O)N(Cc3cccc4ccccc34)C2=O)cc1OC. The molecule has 0 aromatic heterocycles. The minimum Gasteiger partial charge on any atom is -0.493 e. The van der Waals surface area contributed by atoms with Crippen molar-refractivity contribution in [2.75, 3.05) is 20.3 Å². The van der Waals surface area contributed by atoms with E-state index < -0.39 is 5.97 Å². The zero-order valence-corrected chi connectivity index (χ0v) is 19.6. The Hall–Kier alpha value is -3.78. The fraction of sp³-hybridized carbons (Fsp3) is 0.192. The van der Waals surface area contributed by atoms with Crippen LogP contribution in [0.1, 0.15) is 18.1 Å². The van der Waals surface area contributed by atoms with Crippen molar-refractivity contribution in [3.8, 4) is 11.5 Å². The van der Waals surface area contributed by atoms with Gasteiger partial charge in [0, 0.05) is 0 Å². The van der Waals surface area contributed by atoms with E-state index in [4.69, 9.17) is 14.2 Å². The van der Waals surface area contributed by atoms with Gasteiger partial charge in [-0.1, -0.05) is 48.5 Å². The number of imide groups is 1. The molecule has 0 radical (unpaired) electrons. The standard InChI is InChI=1S/C26H23NO6S/c1-3-32-24(28)16-33-21-12-11-17(13-22(21)31-2)14-23-25(29)27(26(30)34-23)15-19-9-6-8-18-7-4-5-10-20(18)19/h4-14H,3,15-16H2,1-2H3/b23-14-. The predicted octanol–water partition coefficient (Wildman–Crippen LogP) is 5.03. The summed E-state index contributed by atoms with van der Waals surface area (Å²) < 4.78 is 15.7. The van der Waals surface area contributed by atoms with Crippen LogP contribution in [0.3, 0.4) is 0 Å². The van der Waals surface area contributed by atoms with E-state index in [1.807, 2.05) is 42.5 Å². The molecule has 1 saturated heterocycles. The number of hydrogen-bond donors (Lipinski definition) is 0. The molecule has 0 spiro atoms. The van der Waals surface area contributed by atoms with Crippen LogP contribution in [0, 0.1) is 0 Å². The summed E-state index contributed by atoms with van der Waals surface area (Å²) in [5.74, 6) is -0.0529. The molecule has 0 bridgehead atoms. The first-order valence-electron chi connectivity index (χ1n) is 10.7. The van der Waals surface area contributed by atoms with Gasteiger partial charge >= 0.3 is 5.97 Å². The summed E-state index contributed by atoms with van der Waals surface area (Å²) in [6.45, 7) is 1.95. The predicted molar refractivity (Wildman–Crippen MR) is 131 cm³/mol. The van der Waals surface area contributed by atoms with Crippen molar-refractivity contribution in [1.29, 1.82) is 0 Å². The number of carbonyl (C=O) groups is 3. The van der Waals surface area contributed by atoms with Crippen LogP contribution in [0.25, 0.3) is 16.8 Å². The molecule has 0 aliphatic carbocycles. The highest BCUT2D eigenvalue weighted by molar-refractivity contribution is 8.18. The van der Waals surface area contributed by atoms with Gasteiger partial charge in [0.1, 0.15) is 0 Å². The van der Waals surface area contributed by atoms with Gasteiger partial charge < -0.3 is 14.2 Å². The third-order valence-corrected chi connectivity index (χ3v) is 6.13. The molecule has 34 heavy (non-hydrogen) atoms. The van der Waals surface area contributed by atoms with Gasteiger partial charge in [0.15, 0.2) is 18.1 Å². The molecule has 7 nitrogen and oxygen atoms in total. The maximum Gasteiger partial charge on any atom is 0.344 e. The summed E-state index contributed by atoms with van der Waals surface area (Å²) in [5, 5.41) is 1.75. The number of rotatable bonds is 8. The van der Waals surface area contributed by atoms with Crippen molar-refractivity contribution in [3.63, 3.8) is 0 Å². The first kappa shape index (κ1) is 23.4. The van der Waals surface area contributed by atoms with E-state index >= 15 is 0 Å². The van der Waals surface area contributed by atoms with Crippen molar-refractivity contribution >= 4 is 45.7 Å². The summed E-state index contributed by atoms with van der Waals surface area (Å²) >= 11 is 0.904. The summed E-state index contributed by atoms with van der Waals surface area (Å²) in [7, 11) is 1.48. The highest BCUT2D eigenvalue weighted by Gasteiger charge is 2.35. The van der Waals surface area contributed by atoms with E-state index in [9.17, 15) is 14.4 Å². The number of benzene rings is 3. The summed E-state index contributed by atoms with van der Waals surface area (Å²) in [6.07, 6.45) is 1.64. The van der Waals surface area contributed by atoms with Crippen LogP contribution in [0.15, 0.2) is 65.6 Å². The summed E-state index contributed by atoms with van der Waals surface area (Å²) in [5.41, 5.74) is 1.57. The van der Waals surface area contributed by atoms with Crippen LogP contribution in [0.4, 0.5) is 4.79 Å². The largest absolute Gasteiger partial charge is 0.493 e. The lowest BCUT2D eigenvalue weighted by atomic mass is 10.0. The van der Waals surface area contributed by atoms with E-state index in [-0.39, 0.29) is 30.9 Å². The number of esters is 1. The number of fused-ring (bicyclic) bond motifs is 1. The molecule has 0 saturated carbocycles. The lowest BCUT2D eigenvalue weighted by Crippen LogP contribution is -2.27. The first-order valence-corrected chi connectivity index (χ1v) is 11.5. The fourth-order valence-corrected chi connectivity index (χ4v) is 4.46. The van der Waals surface area contributed by atoms with Gasteiger partial charge in [-0.25, -0.2) is 4.79 Å². The Labute approximate surface area is 201 Å². The van der Waals surface area contributed by atoms with Crippen molar-refractivity contribution in [2.45, 2.75) is 13.5 Å². The minimum atomic E-state index is -0.478. The fourth-order valence-electron chi connectivity index (χ4n) is 3.62. The molecule has 1 aliphatic heterocycles. The van der Waals surface area contributed by atoms with Gasteiger partial charge in [-0.05, 0) is 58.8 Å². The zero-order chi connectivity index (χ0) is 24.1. The molecule has 1 fully saturated rings. The van der Waals surface area contributed by atoms with Crippen LogP contribution in [0.2, 0.25) is 0 Å². The Balaban J connectivity index is 1.52. The van der Waals surface area contributed by atoms with E-state index in [2.05, 4.69) is 0 Å². The second kappa shape index (κ2) is 10.4. The number of amides is 2. The normalized spacial score (nSPS) is 14.6. The Morgan fingerprint density at radius 2 is 1.82 bits per heavy atom. The van der Waals surface area contributed by atoms with Crippen LogP contribution in [0.5, 0.6) is 11.5 Å². The Bertz CT molecular complexity index is 1280. The highest BCUT2D eigenvalue weighted by Crippen LogP contribution is 2.36. The molecule has 1 heterocycles. The van der Waals surface area contributed by atoms with Gasteiger partial charge in [0.2, 0.25) is 0 Å². The molecule has 0 N–H and O–H groups in total. The maximum atomic E-state index is 13.0. The third-order valence-electron chi connectivity index (χ3n) is 5.22. The number of methoxy groups -OCH3 is 1. The minimum absolute atomic E-state index is 0.202. The van der Waals surface area contributed by atoms with Gasteiger partial charge in [-0.15, -0.1) is 0 Å². The first-order chi connectivity index (χ1) is 16.5. The highest BCUT2D eigenvalue weighted by atomic mass is 32.2. The van der Waals surface area contributed by atoms with Crippen molar-refractivity contribution in [2.24, 2.45) is 0 Å². The average Bonchev–Trinajstić information content (AvgIpc) is 3.10. The number of ether oxygens (including phenoxy) is 3. The quantitative estimate of drug-likeness (QED) is 0.333. The molecule has 8 heteroatoms. The molecule has 2 amide bonds. The van der Waals surface area contributed by atoms with Gasteiger partial charge in [-0.2, -0.15) is 0 Å². The smallest absolute Gasteiger partial charge is 0.344 e. The van der Waals surface area contributed by atoms with Gasteiger partial charge in [0.05, 0.1) is 25.2 Å². The Morgan fingerprint density at radius 3 is 2.62 bits per heavy atom.